The van der Waals surface area contributed by atoms with Gasteiger partial charge in [0, 0.05) is 13.7 Å². The minimum atomic E-state index is -0.472. The molecule has 1 unspecified atom stereocenters. The van der Waals surface area contributed by atoms with Gasteiger partial charge in [-0.05, 0) is 12.8 Å². The molecule has 8 heteroatoms. The molecule has 0 amide bonds. The molecule has 0 fully saturated rings. The predicted octanol–water partition coefficient (Wildman–Crippen LogP) is 2.04. The summed E-state index contributed by atoms with van der Waals surface area (Å²) in [5.41, 5.74) is -0.129. The van der Waals surface area contributed by atoms with Crippen molar-refractivity contribution in [1.29, 1.82) is 0 Å². The predicted molar refractivity (Wildman–Crippen MR) is 77.0 cm³/mol. The summed E-state index contributed by atoms with van der Waals surface area (Å²) in [7, 11) is 1.59. The van der Waals surface area contributed by atoms with Gasteiger partial charge in [-0.15, -0.1) is 0 Å². The van der Waals surface area contributed by atoms with Crippen LogP contribution < -0.4 is 10.6 Å². The molecule has 0 aliphatic heterocycles. The molecule has 0 aliphatic rings. The second kappa shape index (κ2) is 8.26. The van der Waals surface area contributed by atoms with Crippen LogP contribution >= 0.6 is 0 Å². The fourth-order valence-electron chi connectivity index (χ4n) is 1.69. The zero-order valence-corrected chi connectivity index (χ0v) is 12.0. The molecule has 1 atom stereocenters. The standard InChI is InChI=1S/C12H21N5O3/c1-4-6-13-11-10(17(18)19)12(15-8-14-11)16-9(5-2)7-20-3/h8-9H,4-7H2,1-3H3,(H2,13,14,15,16). The first-order valence-corrected chi connectivity index (χ1v) is 6.62. The highest BCUT2D eigenvalue weighted by molar-refractivity contribution is 5.69. The Morgan fingerprint density at radius 1 is 1.40 bits per heavy atom. The summed E-state index contributed by atoms with van der Waals surface area (Å²) in [6.07, 6.45) is 2.94. The summed E-state index contributed by atoms with van der Waals surface area (Å²) in [6, 6.07) is -0.0346. The van der Waals surface area contributed by atoms with Crippen LogP contribution in [0.1, 0.15) is 26.7 Å². The van der Waals surface area contributed by atoms with Gasteiger partial charge in [0.05, 0.1) is 17.6 Å². The molecule has 0 radical (unpaired) electrons. The lowest BCUT2D eigenvalue weighted by atomic mass is 10.2. The monoisotopic (exact) mass is 283 g/mol. The first kappa shape index (κ1) is 16.1. The third kappa shape index (κ3) is 4.30. The Bertz CT molecular complexity index is 441. The molecule has 0 saturated heterocycles. The molecular weight excluding hydrogens is 262 g/mol. The summed E-state index contributed by atoms with van der Waals surface area (Å²) in [5, 5.41) is 17.2. The molecule has 2 N–H and O–H groups in total. The second-order valence-electron chi connectivity index (χ2n) is 4.31. The molecule has 112 valence electrons. The van der Waals surface area contributed by atoms with E-state index in [1.165, 1.54) is 6.33 Å². The summed E-state index contributed by atoms with van der Waals surface area (Å²) in [6.45, 7) is 5.02. The third-order valence-electron chi connectivity index (χ3n) is 2.75. The Hall–Kier alpha value is -1.96. The highest BCUT2D eigenvalue weighted by Gasteiger charge is 2.24. The van der Waals surface area contributed by atoms with Crippen LogP contribution in [0.3, 0.4) is 0 Å². The largest absolute Gasteiger partial charge is 0.383 e. The maximum absolute atomic E-state index is 11.2. The minimum absolute atomic E-state index is 0.0346. The fraction of sp³-hybridized carbons (Fsp3) is 0.667. The van der Waals surface area contributed by atoms with Gasteiger partial charge >= 0.3 is 5.69 Å². The smallest absolute Gasteiger partial charge is 0.353 e. The van der Waals surface area contributed by atoms with Crippen LogP contribution in [0.25, 0.3) is 0 Å². The zero-order chi connectivity index (χ0) is 15.0. The number of nitro groups is 1. The van der Waals surface area contributed by atoms with E-state index in [0.717, 1.165) is 12.8 Å². The number of methoxy groups -OCH3 is 1. The molecule has 1 aromatic rings. The molecule has 0 bridgehead atoms. The van der Waals surface area contributed by atoms with E-state index in [9.17, 15) is 10.1 Å². The molecule has 8 nitrogen and oxygen atoms in total. The molecular formula is C12H21N5O3. The number of nitrogens with zero attached hydrogens (tertiary/aromatic N) is 3. The molecule has 20 heavy (non-hydrogen) atoms. The number of hydrogen-bond acceptors (Lipinski definition) is 7. The van der Waals surface area contributed by atoms with Crippen molar-refractivity contribution >= 4 is 17.3 Å². The van der Waals surface area contributed by atoms with E-state index < -0.39 is 4.92 Å². The van der Waals surface area contributed by atoms with Gasteiger partial charge in [0.15, 0.2) is 0 Å². The van der Waals surface area contributed by atoms with Crippen LogP contribution in [-0.4, -0.2) is 41.2 Å². The van der Waals surface area contributed by atoms with Crippen molar-refractivity contribution in [3.05, 3.63) is 16.4 Å². The molecule has 0 aromatic carbocycles. The van der Waals surface area contributed by atoms with E-state index in [1.807, 2.05) is 13.8 Å². The van der Waals surface area contributed by atoms with Crippen LogP contribution in [-0.2, 0) is 4.74 Å². The average molecular weight is 283 g/mol. The number of anilines is 2. The minimum Gasteiger partial charge on any atom is -0.383 e. The van der Waals surface area contributed by atoms with Gasteiger partial charge in [0.25, 0.3) is 0 Å². The van der Waals surface area contributed by atoms with E-state index in [4.69, 9.17) is 4.74 Å². The van der Waals surface area contributed by atoms with Crippen molar-refractivity contribution in [3.63, 3.8) is 0 Å². The Morgan fingerprint density at radius 2 is 2.10 bits per heavy atom. The van der Waals surface area contributed by atoms with Gasteiger partial charge in [-0.25, -0.2) is 9.97 Å². The van der Waals surface area contributed by atoms with Crippen LogP contribution in [0.2, 0.25) is 0 Å². The maximum Gasteiger partial charge on any atom is 0.353 e. The van der Waals surface area contributed by atoms with Gasteiger partial charge in [0.2, 0.25) is 11.6 Å². The third-order valence-corrected chi connectivity index (χ3v) is 2.75. The molecule has 1 heterocycles. The quantitative estimate of drug-likeness (QED) is 0.528. The maximum atomic E-state index is 11.2. The van der Waals surface area contributed by atoms with E-state index in [1.54, 1.807) is 7.11 Å². The van der Waals surface area contributed by atoms with E-state index in [0.29, 0.717) is 13.2 Å². The van der Waals surface area contributed by atoms with Gasteiger partial charge in [0.1, 0.15) is 6.33 Å². The number of rotatable bonds is 9. The summed E-state index contributed by atoms with van der Waals surface area (Å²) < 4.78 is 5.07. The average Bonchev–Trinajstić information content (AvgIpc) is 2.44. The molecule has 1 rings (SSSR count). The van der Waals surface area contributed by atoms with Crippen LogP contribution in [0.15, 0.2) is 6.33 Å². The number of aromatic nitrogens is 2. The zero-order valence-electron chi connectivity index (χ0n) is 12.0. The van der Waals surface area contributed by atoms with Crippen LogP contribution in [0.4, 0.5) is 17.3 Å². The Labute approximate surface area is 118 Å². The first-order valence-electron chi connectivity index (χ1n) is 6.62. The van der Waals surface area contributed by atoms with E-state index in [2.05, 4.69) is 20.6 Å². The Kier molecular flexibility index (Phi) is 6.65. The number of hydrogen-bond donors (Lipinski definition) is 2. The van der Waals surface area contributed by atoms with Gasteiger partial charge < -0.3 is 15.4 Å². The van der Waals surface area contributed by atoms with Crippen molar-refractivity contribution in [2.24, 2.45) is 0 Å². The lowest BCUT2D eigenvalue weighted by molar-refractivity contribution is -0.383. The summed E-state index contributed by atoms with van der Waals surface area (Å²) in [5.74, 6) is 0.453. The summed E-state index contributed by atoms with van der Waals surface area (Å²) in [4.78, 5) is 18.7. The van der Waals surface area contributed by atoms with Crippen molar-refractivity contribution in [2.75, 3.05) is 30.9 Å². The van der Waals surface area contributed by atoms with E-state index in [-0.39, 0.29) is 23.4 Å². The topological polar surface area (TPSA) is 102 Å². The van der Waals surface area contributed by atoms with Crippen molar-refractivity contribution in [3.8, 4) is 0 Å². The second-order valence-corrected chi connectivity index (χ2v) is 4.31. The van der Waals surface area contributed by atoms with Crippen molar-refractivity contribution in [2.45, 2.75) is 32.7 Å². The highest BCUT2D eigenvalue weighted by atomic mass is 16.6. The Morgan fingerprint density at radius 3 is 2.65 bits per heavy atom. The normalized spacial score (nSPS) is 11.9. The number of nitrogens with one attached hydrogen (secondary N) is 2. The van der Waals surface area contributed by atoms with Gasteiger partial charge in [-0.3, -0.25) is 10.1 Å². The van der Waals surface area contributed by atoms with E-state index >= 15 is 0 Å². The highest BCUT2D eigenvalue weighted by Crippen LogP contribution is 2.29. The first-order chi connectivity index (χ1) is 9.63. The summed E-state index contributed by atoms with van der Waals surface area (Å²) >= 11 is 0. The molecule has 0 saturated carbocycles. The molecule has 1 aromatic heterocycles. The lowest BCUT2D eigenvalue weighted by Crippen LogP contribution is -2.25. The van der Waals surface area contributed by atoms with Gasteiger partial charge in [-0.2, -0.15) is 0 Å². The van der Waals surface area contributed by atoms with Crippen molar-refractivity contribution in [1.82, 2.24) is 9.97 Å². The Balaban J connectivity index is 3.02. The lowest BCUT2D eigenvalue weighted by Gasteiger charge is -2.17. The molecule has 0 spiro atoms. The van der Waals surface area contributed by atoms with Crippen LogP contribution in [0.5, 0.6) is 0 Å². The fourth-order valence-corrected chi connectivity index (χ4v) is 1.69. The van der Waals surface area contributed by atoms with Crippen LogP contribution in [0, 0.1) is 10.1 Å². The SMILES string of the molecule is CCCNc1ncnc(NC(CC)COC)c1[N+](=O)[O-]. The molecule has 0 aliphatic carbocycles. The van der Waals surface area contributed by atoms with Crippen molar-refractivity contribution < 1.29 is 9.66 Å². The number of ether oxygens (including phenoxy) is 1. The van der Waals surface area contributed by atoms with Gasteiger partial charge in [-0.1, -0.05) is 13.8 Å².